The highest BCUT2D eigenvalue weighted by molar-refractivity contribution is 5.83. The maximum Gasteiger partial charge on any atom is 0.145 e. The fourth-order valence-corrected chi connectivity index (χ4v) is 4.50. The minimum Gasteiger partial charge on any atom is -0.497 e. The van der Waals surface area contributed by atoms with Crippen LogP contribution in [0.2, 0.25) is 0 Å². The van der Waals surface area contributed by atoms with E-state index < -0.39 is 11.6 Å². The Labute approximate surface area is 197 Å². The number of pyridine rings is 1. The molecular formula is C26H29F3N4O. The highest BCUT2D eigenvalue weighted by atomic mass is 19.1. The number of likely N-dealkylation sites (tertiary alicyclic amines) is 1. The van der Waals surface area contributed by atoms with Crippen molar-refractivity contribution >= 4 is 17.0 Å². The van der Waals surface area contributed by atoms with Gasteiger partial charge in [0.05, 0.1) is 18.8 Å². The summed E-state index contributed by atoms with van der Waals surface area (Å²) in [5.41, 5.74) is 7.39. The van der Waals surface area contributed by atoms with Crippen molar-refractivity contribution in [2.45, 2.75) is 18.4 Å². The fraction of sp³-hybridized carbons (Fsp3) is 0.346. The Hall–Kier alpha value is -2.94. The molecule has 0 amide bonds. The van der Waals surface area contributed by atoms with E-state index in [2.05, 4.69) is 15.2 Å². The molecule has 1 aliphatic heterocycles. The number of nitrogens with one attached hydrogen (secondary N) is 1. The predicted octanol–water partition coefficient (Wildman–Crippen LogP) is 3.91. The van der Waals surface area contributed by atoms with Gasteiger partial charge in [0.2, 0.25) is 0 Å². The Morgan fingerprint density at radius 1 is 1.18 bits per heavy atom. The molecule has 3 N–H and O–H groups in total. The number of rotatable bonds is 9. The number of halogens is 3. The van der Waals surface area contributed by atoms with Crippen LogP contribution in [0.5, 0.6) is 5.75 Å². The van der Waals surface area contributed by atoms with Crippen molar-refractivity contribution in [3.05, 3.63) is 77.2 Å². The molecule has 1 unspecified atom stereocenters. The molecule has 5 nitrogen and oxygen atoms in total. The molecule has 180 valence electrons. The molecule has 1 aromatic heterocycles. The van der Waals surface area contributed by atoms with Crippen LogP contribution in [0.3, 0.4) is 0 Å². The molecule has 2 aromatic carbocycles. The van der Waals surface area contributed by atoms with Crippen LogP contribution < -0.4 is 15.8 Å². The summed E-state index contributed by atoms with van der Waals surface area (Å²) in [6, 6.07) is 8.85. The van der Waals surface area contributed by atoms with Crippen molar-refractivity contribution in [1.29, 1.82) is 0 Å². The molecule has 34 heavy (non-hydrogen) atoms. The number of hydrogen-bond acceptors (Lipinski definition) is 5. The van der Waals surface area contributed by atoms with E-state index in [1.807, 2.05) is 24.3 Å². The minimum atomic E-state index is -0.467. The Bertz CT molecular complexity index is 1190. The van der Waals surface area contributed by atoms with E-state index in [1.165, 1.54) is 12.3 Å². The highest BCUT2D eigenvalue weighted by Gasteiger charge is 2.35. The zero-order valence-electron chi connectivity index (χ0n) is 19.2. The van der Waals surface area contributed by atoms with Crippen LogP contribution in [-0.2, 0) is 6.42 Å². The average Bonchev–Trinajstić information content (AvgIpc) is 3.26. The van der Waals surface area contributed by atoms with E-state index in [0.29, 0.717) is 43.9 Å². The summed E-state index contributed by atoms with van der Waals surface area (Å²) < 4.78 is 47.0. The predicted molar refractivity (Wildman–Crippen MR) is 128 cm³/mol. The van der Waals surface area contributed by atoms with Crippen LogP contribution in [0.25, 0.3) is 17.0 Å². The fourth-order valence-electron chi connectivity index (χ4n) is 4.50. The van der Waals surface area contributed by atoms with E-state index in [4.69, 9.17) is 10.5 Å². The van der Waals surface area contributed by atoms with E-state index >= 15 is 0 Å². The van der Waals surface area contributed by atoms with E-state index in [-0.39, 0.29) is 16.9 Å². The second kappa shape index (κ2) is 10.5. The first kappa shape index (κ1) is 24.2. The van der Waals surface area contributed by atoms with Crippen LogP contribution >= 0.6 is 0 Å². The lowest BCUT2D eigenvalue weighted by Gasteiger charge is -2.29. The van der Waals surface area contributed by atoms with Crippen molar-refractivity contribution < 1.29 is 17.9 Å². The first-order valence-electron chi connectivity index (χ1n) is 11.3. The number of ether oxygens (including phenoxy) is 1. The largest absolute Gasteiger partial charge is 0.497 e. The maximum atomic E-state index is 14.6. The molecule has 0 saturated carbocycles. The van der Waals surface area contributed by atoms with E-state index in [9.17, 15) is 13.2 Å². The molecule has 3 aromatic rings. The van der Waals surface area contributed by atoms with Gasteiger partial charge in [-0.1, -0.05) is 12.2 Å². The molecule has 1 atom stereocenters. The maximum absolute atomic E-state index is 14.6. The number of hydrogen-bond donors (Lipinski definition) is 2. The summed E-state index contributed by atoms with van der Waals surface area (Å²) in [4.78, 5) is 6.38. The lowest BCUT2D eigenvalue weighted by Crippen LogP contribution is -2.53. The Kier molecular flexibility index (Phi) is 7.50. The Morgan fingerprint density at radius 3 is 2.82 bits per heavy atom. The van der Waals surface area contributed by atoms with Crippen molar-refractivity contribution in [1.82, 2.24) is 15.2 Å². The van der Waals surface area contributed by atoms with Gasteiger partial charge in [-0.05, 0) is 55.8 Å². The quantitative estimate of drug-likeness (QED) is 0.497. The summed E-state index contributed by atoms with van der Waals surface area (Å²) in [6.45, 7) is 3.14. The first-order chi connectivity index (χ1) is 16.4. The summed E-state index contributed by atoms with van der Waals surface area (Å²) in [5.74, 6) is -0.603. The van der Waals surface area contributed by atoms with Gasteiger partial charge >= 0.3 is 0 Å². The van der Waals surface area contributed by atoms with Gasteiger partial charge in [-0.15, -0.1) is 0 Å². The molecule has 0 aliphatic carbocycles. The van der Waals surface area contributed by atoms with Crippen molar-refractivity contribution in [2.75, 3.05) is 39.8 Å². The van der Waals surface area contributed by atoms with Crippen LogP contribution in [0.15, 0.2) is 48.7 Å². The van der Waals surface area contributed by atoms with Gasteiger partial charge in [0.15, 0.2) is 0 Å². The summed E-state index contributed by atoms with van der Waals surface area (Å²) in [6.07, 6.45) is 6.02. The van der Waals surface area contributed by atoms with Crippen molar-refractivity contribution in [3.8, 4) is 5.75 Å². The van der Waals surface area contributed by atoms with Gasteiger partial charge in [0, 0.05) is 48.2 Å². The van der Waals surface area contributed by atoms with Gasteiger partial charge in [0.25, 0.3) is 0 Å². The van der Waals surface area contributed by atoms with Crippen LogP contribution in [-0.4, -0.2) is 55.3 Å². The number of methoxy groups -OCH3 is 1. The third-order valence-electron chi connectivity index (χ3n) is 6.45. The lowest BCUT2D eigenvalue weighted by molar-refractivity contribution is 0.303. The molecule has 1 fully saturated rings. The van der Waals surface area contributed by atoms with Crippen LogP contribution in [0, 0.1) is 17.5 Å². The summed E-state index contributed by atoms with van der Waals surface area (Å²) in [5, 5.41) is 4.29. The smallest absolute Gasteiger partial charge is 0.145 e. The average molecular weight is 471 g/mol. The SMILES string of the molecule is COc1ccc2ncc(F)c(CCNC3(CN)CCN(CC=Cc4cc(F)ccc4F)C3)c2c1. The van der Waals surface area contributed by atoms with E-state index in [0.717, 1.165) is 36.0 Å². The molecular weight excluding hydrogens is 441 g/mol. The van der Waals surface area contributed by atoms with Crippen molar-refractivity contribution in [2.24, 2.45) is 5.73 Å². The third kappa shape index (κ3) is 5.41. The monoisotopic (exact) mass is 470 g/mol. The Morgan fingerprint density at radius 2 is 2.03 bits per heavy atom. The second-order valence-electron chi connectivity index (χ2n) is 8.68. The highest BCUT2D eigenvalue weighted by Crippen LogP contribution is 2.26. The number of aromatic nitrogens is 1. The normalized spacial score (nSPS) is 18.9. The number of fused-ring (bicyclic) bond motifs is 1. The topological polar surface area (TPSA) is 63.4 Å². The zero-order chi connectivity index (χ0) is 24.1. The zero-order valence-corrected chi connectivity index (χ0v) is 19.2. The van der Waals surface area contributed by atoms with Crippen LogP contribution in [0.4, 0.5) is 13.2 Å². The van der Waals surface area contributed by atoms with Crippen molar-refractivity contribution in [3.63, 3.8) is 0 Å². The van der Waals surface area contributed by atoms with Gasteiger partial charge in [-0.3, -0.25) is 9.88 Å². The summed E-state index contributed by atoms with van der Waals surface area (Å²) in [7, 11) is 1.58. The standard InChI is InChI=1S/C26H29F3N4O/c1-34-20-5-7-25-22(14-20)21(24(29)15-31-25)8-10-32-26(16-30)9-12-33(17-26)11-2-3-18-13-19(27)4-6-23(18)28/h2-7,13-15,32H,8-12,16-17,30H2,1H3. The van der Waals surface area contributed by atoms with Gasteiger partial charge in [0.1, 0.15) is 23.2 Å². The van der Waals surface area contributed by atoms with Gasteiger partial charge < -0.3 is 15.8 Å². The number of benzene rings is 2. The number of nitrogens with zero attached hydrogens (tertiary/aromatic N) is 2. The molecule has 4 rings (SSSR count). The van der Waals surface area contributed by atoms with Crippen LogP contribution in [0.1, 0.15) is 17.5 Å². The second-order valence-corrected chi connectivity index (χ2v) is 8.68. The molecule has 0 bridgehead atoms. The molecule has 8 heteroatoms. The van der Waals surface area contributed by atoms with Gasteiger partial charge in [-0.2, -0.15) is 0 Å². The molecule has 2 heterocycles. The first-order valence-corrected chi connectivity index (χ1v) is 11.3. The molecule has 1 aliphatic rings. The molecule has 0 radical (unpaired) electrons. The summed E-state index contributed by atoms with van der Waals surface area (Å²) >= 11 is 0. The lowest BCUT2D eigenvalue weighted by atomic mass is 9.98. The van der Waals surface area contributed by atoms with Gasteiger partial charge in [-0.25, -0.2) is 13.2 Å². The number of nitrogens with two attached hydrogens (primary N) is 1. The molecule has 0 spiro atoms. The third-order valence-corrected chi connectivity index (χ3v) is 6.45. The Balaban J connectivity index is 1.37. The van der Waals surface area contributed by atoms with E-state index in [1.54, 1.807) is 13.2 Å². The molecule has 1 saturated heterocycles. The minimum absolute atomic E-state index is 0.227.